The number of piperazine rings is 1. The second-order valence-corrected chi connectivity index (χ2v) is 7.12. The summed E-state index contributed by atoms with van der Waals surface area (Å²) < 4.78 is 2.44. The van der Waals surface area contributed by atoms with Crippen molar-refractivity contribution in [2.75, 3.05) is 39.8 Å². The highest BCUT2D eigenvalue weighted by Gasteiger charge is 2.50. The Bertz CT molecular complexity index is 259. The lowest BCUT2D eigenvalue weighted by Gasteiger charge is -2.45. The van der Waals surface area contributed by atoms with E-state index < -0.39 is 0 Å². The van der Waals surface area contributed by atoms with Crippen LogP contribution in [-0.4, -0.2) is 64.3 Å². The predicted molar refractivity (Wildman–Crippen MR) is 74.8 cm³/mol. The first-order chi connectivity index (χ1) is 7.70. The molecular formula is C12H22IN3. The lowest BCUT2D eigenvalue weighted by molar-refractivity contribution is 0.0371. The van der Waals surface area contributed by atoms with Crippen molar-refractivity contribution in [2.24, 2.45) is 0 Å². The first-order valence-electron chi connectivity index (χ1n) is 6.56. The zero-order valence-electron chi connectivity index (χ0n) is 10.2. The summed E-state index contributed by atoms with van der Waals surface area (Å²) in [5.41, 5.74) is 0.597. The Balaban J connectivity index is 1.59. The molecule has 3 nitrogen and oxygen atoms in total. The van der Waals surface area contributed by atoms with Gasteiger partial charge in [-0.1, -0.05) is 0 Å². The minimum absolute atomic E-state index is 0.597. The lowest BCUT2D eigenvalue weighted by atomic mass is 10.0. The minimum atomic E-state index is 0.597. The SMILES string of the molecule is CN1CCN(C2CCN(I)CC2)CC12CC2. The normalized spacial score (nSPS) is 33.4. The third-order valence-corrected chi connectivity index (χ3v) is 5.75. The van der Waals surface area contributed by atoms with Crippen molar-refractivity contribution in [1.29, 1.82) is 0 Å². The highest BCUT2D eigenvalue weighted by molar-refractivity contribution is 14.1. The molecule has 0 aromatic rings. The second-order valence-electron chi connectivity index (χ2n) is 5.76. The highest BCUT2D eigenvalue weighted by Crippen LogP contribution is 2.44. The van der Waals surface area contributed by atoms with Crippen molar-refractivity contribution in [2.45, 2.75) is 37.3 Å². The zero-order valence-corrected chi connectivity index (χ0v) is 12.3. The molecule has 3 aliphatic rings. The van der Waals surface area contributed by atoms with Crippen LogP contribution in [0.2, 0.25) is 0 Å². The van der Waals surface area contributed by atoms with Gasteiger partial charge >= 0.3 is 0 Å². The molecular weight excluding hydrogens is 313 g/mol. The van der Waals surface area contributed by atoms with E-state index in [1.165, 1.54) is 58.4 Å². The van der Waals surface area contributed by atoms with Gasteiger partial charge in [0, 0.05) is 67.2 Å². The molecule has 1 saturated carbocycles. The fourth-order valence-electron chi connectivity index (χ4n) is 3.29. The fourth-order valence-corrected chi connectivity index (χ4v) is 3.85. The van der Waals surface area contributed by atoms with E-state index in [0.29, 0.717) is 5.54 Å². The first kappa shape index (κ1) is 11.7. The number of nitrogens with zero attached hydrogens (tertiary/aromatic N) is 3. The molecule has 0 atom stereocenters. The Morgan fingerprint density at radius 3 is 2.38 bits per heavy atom. The van der Waals surface area contributed by atoms with Crippen LogP contribution < -0.4 is 0 Å². The highest BCUT2D eigenvalue weighted by atomic mass is 127. The van der Waals surface area contributed by atoms with Crippen molar-refractivity contribution in [3.05, 3.63) is 0 Å². The van der Waals surface area contributed by atoms with Gasteiger partial charge in [0.2, 0.25) is 0 Å². The van der Waals surface area contributed by atoms with Gasteiger partial charge in [-0.05, 0) is 32.7 Å². The van der Waals surface area contributed by atoms with Crippen LogP contribution in [0.15, 0.2) is 0 Å². The molecule has 0 aromatic carbocycles. The summed E-state index contributed by atoms with van der Waals surface area (Å²) in [4.78, 5) is 5.40. The summed E-state index contributed by atoms with van der Waals surface area (Å²) in [6.07, 6.45) is 5.63. The van der Waals surface area contributed by atoms with E-state index in [1.54, 1.807) is 0 Å². The summed E-state index contributed by atoms with van der Waals surface area (Å²) in [5.74, 6) is 0. The van der Waals surface area contributed by atoms with Gasteiger partial charge in [-0.15, -0.1) is 0 Å². The molecule has 1 aliphatic carbocycles. The van der Waals surface area contributed by atoms with Crippen LogP contribution in [0.4, 0.5) is 0 Å². The number of halogens is 1. The largest absolute Gasteiger partial charge is 0.298 e. The molecule has 2 saturated heterocycles. The van der Waals surface area contributed by atoms with E-state index >= 15 is 0 Å². The molecule has 0 radical (unpaired) electrons. The van der Waals surface area contributed by atoms with Gasteiger partial charge in [0.15, 0.2) is 0 Å². The molecule has 3 rings (SSSR count). The Morgan fingerprint density at radius 2 is 1.75 bits per heavy atom. The van der Waals surface area contributed by atoms with E-state index in [0.717, 1.165) is 6.04 Å². The van der Waals surface area contributed by atoms with Gasteiger partial charge in [0.05, 0.1) is 0 Å². The molecule has 0 bridgehead atoms. The Morgan fingerprint density at radius 1 is 1.06 bits per heavy atom. The molecule has 2 heterocycles. The van der Waals surface area contributed by atoms with Gasteiger partial charge in [-0.25, -0.2) is 3.11 Å². The quantitative estimate of drug-likeness (QED) is 0.532. The summed E-state index contributed by atoms with van der Waals surface area (Å²) in [5, 5.41) is 0. The third kappa shape index (κ3) is 2.13. The van der Waals surface area contributed by atoms with Crippen LogP contribution in [0.5, 0.6) is 0 Å². The number of hydrogen-bond acceptors (Lipinski definition) is 3. The molecule has 0 amide bonds. The minimum Gasteiger partial charge on any atom is -0.298 e. The van der Waals surface area contributed by atoms with E-state index in [9.17, 15) is 0 Å². The third-order valence-electron chi connectivity index (χ3n) is 4.78. The molecule has 0 N–H and O–H groups in total. The smallest absolute Gasteiger partial charge is 0.0335 e. The van der Waals surface area contributed by atoms with Crippen molar-refractivity contribution in [3.63, 3.8) is 0 Å². The number of rotatable bonds is 1. The summed E-state index contributed by atoms with van der Waals surface area (Å²) in [7, 11) is 2.32. The molecule has 2 aliphatic heterocycles. The maximum atomic E-state index is 2.79. The standard InChI is InChI=1S/C12H22IN3/c1-14-8-9-15(10-12(14)4-5-12)11-2-6-16(13)7-3-11/h11H,2-10H2,1H3. The van der Waals surface area contributed by atoms with Crippen molar-refractivity contribution in [3.8, 4) is 0 Å². The molecule has 0 unspecified atom stereocenters. The maximum absolute atomic E-state index is 2.79. The van der Waals surface area contributed by atoms with E-state index in [-0.39, 0.29) is 0 Å². The average molecular weight is 335 g/mol. The second kappa shape index (κ2) is 4.37. The number of likely N-dealkylation sites (N-methyl/N-ethyl adjacent to an activating group) is 1. The fraction of sp³-hybridized carbons (Fsp3) is 1.00. The molecule has 3 fully saturated rings. The van der Waals surface area contributed by atoms with Crippen LogP contribution in [0, 0.1) is 0 Å². The summed E-state index contributed by atoms with van der Waals surface area (Å²) >= 11 is 2.47. The molecule has 1 spiro atoms. The van der Waals surface area contributed by atoms with E-state index in [4.69, 9.17) is 0 Å². The predicted octanol–water partition coefficient (Wildman–Crippen LogP) is 1.58. The molecule has 4 heteroatoms. The first-order valence-corrected chi connectivity index (χ1v) is 7.52. The van der Waals surface area contributed by atoms with Gasteiger partial charge in [-0.3, -0.25) is 9.80 Å². The summed E-state index contributed by atoms with van der Waals surface area (Å²) in [6.45, 7) is 6.49. The van der Waals surface area contributed by atoms with Gasteiger partial charge in [0.25, 0.3) is 0 Å². The van der Waals surface area contributed by atoms with Crippen LogP contribution in [0.3, 0.4) is 0 Å². The number of hydrogen-bond donors (Lipinski definition) is 0. The van der Waals surface area contributed by atoms with Crippen LogP contribution in [0.1, 0.15) is 25.7 Å². The molecule has 0 aromatic heterocycles. The monoisotopic (exact) mass is 335 g/mol. The van der Waals surface area contributed by atoms with Crippen LogP contribution in [0.25, 0.3) is 0 Å². The van der Waals surface area contributed by atoms with Crippen molar-refractivity contribution < 1.29 is 0 Å². The lowest BCUT2D eigenvalue weighted by Crippen LogP contribution is -2.57. The summed E-state index contributed by atoms with van der Waals surface area (Å²) in [6, 6.07) is 0.872. The Hall–Kier alpha value is 0.610. The van der Waals surface area contributed by atoms with E-state index in [1.807, 2.05) is 0 Å². The van der Waals surface area contributed by atoms with Crippen LogP contribution in [-0.2, 0) is 0 Å². The average Bonchev–Trinajstić information content (AvgIpc) is 3.05. The van der Waals surface area contributed by atoms with Crippen molar-refractivity contribution in [1.82, 2.24) is 12.9 Å². The van der Waals surface area contributed by atoms with E-state index in [2.05, 4.69) is 42.8 Å². The topological polar surface area (TPSA) is 9.72 Å². The Kier molecular flexibility index (Phi) is 3.19. The molecule has 92 valence electrons. The Labute approximate surface area is 113 Å². The number of piperidine rings is 1. The maximum Gasteiger partial charge on any atom is 0.0335 e. The van der Waals surface area contributed by atoms with Gasteiger partial charge < -0.3 is 0 Å². The zero-order chi connectivity index (χ0) is 11.2. The van der Waals surface area contributed by atoms with Crippen LogP contribution >= 0.6 is 22.9 Å². The molecule has 16 heavy (non-hydrogen) atoms. The van der Waals surface area contributed by atoms with Gasteiger partial charge in [0.1, 0.15) is 0 Å². The van der Waals surface area contributed by atoms with Gasteiger partial charge in [-0.2, -0.15) is 0 Å². The van der Waals surface area contributed by atoms with Crippen molar-refractivity contribution >= 4 is 22.9 Å².